The second-order valence-corrected chi connectivity index (χ2v) is 3.71. The first-order valence-electron chi connectivity index (χ1n) is 4.65. The van der Waals surface area contributed by atoms with Crippen LogP contribution in [0, 0.1) is 0 Å². The Labute approximate surface area is 98.6 Å². The van der Waals surface area contributed by atoms with Gasteiger partial charge in [0.2, 0.25) is 5.95 Å². The summed E-state index contributed by atoms with van der Waals surface area (Å²) in [6.07, 6.45) is 0. The molecule has 0 saturated carbocycles. The standard InChI is InChI=1S/C9H6ClN5O2/c10-4-2-1-3(17-4)6-12-5-7(13-6)14-9(11)15-8(5)16/h1-2H,(H4,11,12,13,14,15,16). The maximum absolute atomic E-state index is 11.5. The van der Waals surface area contributed by atoms with Crippen LogP contribution < -0.4 is 11.3 Å². The molecule has 0 radical (unpaired) electrons. The van der Waals surface area contributed by atoms with Gasteiger partial charge in [0.1, 0.15) is 0 Å². The number of nitrogen functional groups attached to an aromatic ring is 1. The molecular weight excluding hydrogens is 246 g/mol. The molecule has 0 aliphatic rings. The van der Waals surface area contributed by atoms with Gasteiger partial charge in [-0.25, -0.2) is 4.98 Å². The molecule has 8 heteroatoms. The van der Waals surface area contributed by atoms with E-state index in [2.05, 4.69) is 19.9 Å². The Morgan fingerprint density at radius 1 is 1.29 bits per heavy atom. The Kier molecular flexibility index (Phi) is 1.96. The van der Waals surface area contributed by atoms with E-state index in [9.17, 15) is 4.79 Å². The zero-order chi connectivity index (χ0) is 12.0. The summed E-state index contributed by atoms with van der Waals surface area (Å²) in [5.74, 6) is 0.805. The van der Waals surface area contributed by atoms with E-state index in [4.69, 9.17) is 21.8 Å². The number of H-pyrrole nitrogens is 2. The fourth-order valence-electron chi connectivity index (χ4n) is 1.48. The predicted octanol–water partition coefficient (Wildman–Crippen LogP) is 1.14. The third kappa shape index (κ3) is 1.56. The van der Waals surface area contributed by atoms with Crippen molar-refractivity contribution in [3.05, 3.63) is 27.7 Å². The van der Waals surface area contributed by atoms with Crippen LogP contribution in [0.15, 0.2) is 21.3 Å². The zero-order valence-corrected chi connectivity index (χ0v) is 9.08. The van der Waals surface area contributed by atoms with Crippen LogP contribution in [0.2, 0.25) is 5.22 Å². The Hall–Kier alpha value is -2.28. The Bertz CT molecular complexity index is 756. The normalized spacial score (nSPS) is 11.1. The van der Waals surface area contributed by atoms with E-state index in [0.717, 1.165) is 0 Å². The first-order valence-corrected chi connectivity index (χ1v) is 5.02. The van der Waals surface area contributed by atoms with Gasteiger partial charge in [-0.3, -0.25) is 9.78 Å². The lowest BCUT2D eigenvalue weighted by molar-refractivity contribution is 0.580. The van der Waals surface area contributed by atoms with Crippen molar-refractivity contribution in [2.75, 3.05) is 5.73 Å². The lowest BCUT2D eigenvalue weighted by Crippen LogP contribution is -2.10. The molecule has 3 heterocycles. The predicted molar refractivity (Wildman–Crippen MR) is 61.6 cm³/mol. The average Bonchev–Trinajstić information content (AvgIpc) is 2.83. The second kappa shape index (κ2) is 3.36. The number of nitrogens with zero attached hydrogens (tertiary/aromatic N) is 2. The summed E-state index contributed by atoms with van der Waals surface area (Å²) in [5.41, 5.74) is 5.49. The van der Waals surface area contributed by atoms with Crippen molar-refractivity contribution < 1.29 is 4.42 Å². The van der Waals surface area contributed by atoms with Crippen molar-refractivity contribution in [3.63, 3.8) is 0 Å². The summed E-state index contributed by atoms with van der Waals surface area (Å²) in [6, 6.07) is 3.22. The molecule has 7 nitrogen and oxygen atoms in total. The van der Waals surface area contributed by atoms with Gasteiger partial charge in [-0.15, -0.1) is 0 Å². The van der Waals surface area contributed by atoms with Crippen LogP contribution in [0.25, 0.3) is 22.7 Å². The van der Waals surface area contributed by atoms with Crippen molar-refractivity contribution in [3.8, 4) is 11.6 Å². The molecule has 3 aromatic heterocycles. The van der Waals surface area contributed by atoms with Gasteiger partial charge >= 0.3 is 0 Å². The minimum Gasteiger partial charge on any atom is -0.441 e. The van der Waals surface area contributed by atoms with E-state index in [1.807, 2.05) is 0 Å². The monoisotopic (exact) mass is 251 g/mol. The van der Waals surface area contributed by atoms with Gasteiger partial charge in [-0.1, -0.05) is 0 Å². The number of hydrogen-bond acceptors (Lipinski definition) is 5. The van der Waals surface area contributed by atoms with E-state index < -0.39 is 0 Å². The van der Waals surface area contributed by atoms with Gasteiger partial charge in [0.25, 0.3) is 5.56 Å². The van der Waals surface area contributed by atoms with Gasteiger partial charge in [0.05, 0.1) is 0 Å². The first-order chi connectivity index (χ1) is 8.13. The van der Waals surface area contributed by atoms with E-state index in [1.54, 1.807) is 12.1 Å². The highest BCUT2D eigenvalue weighted by Gasteiger charge is 2.12. The molecule has 86 valence electrons. The highest BCUT2D eigenvalue weighted by molar-refractivity contribution is 6.28. The van der Waals surface area contributed by atoms with Crippen LogP contribution >= 0.6 is 11.6 Å². The highest BCUT2D eigenvalue weighted by Crippen LogP contribution is 2.23. The largest absolute Gasteiger partial charge is 0.441 e. The Morgan fingerprint density at radius 2 is 2.12 bits per heavy atom. The van der Waals surface area contributed by atoms with Crippen LogP contribution in [0.4, 0.5) is 5.95 Å². The van der Waals surface area contributed by atoms with Gasteiger partial charge in [-0.2, -0.15) is 4.98 Å². The minimum absolute atomic E-state index is 0.0121. The number of hydrogen-bond donors (Lipinski definition) is 3. The summed E-state index contributed by atoms with van der Waals surface area (Å²) in [7, 11) is 0. The van der Waals surface area contributed by atoms with E-state index in [0.29, 0.717) is 11.6 Å². The van der Waals surface area contributed by atoms with Crippen molar-refractivity contribution in [2.24, 2.45) is 0 Å². The smallest absolute Gasteiger partial charge is 0.278 e. The van der Waals surface area contributed by atoms with Gasteiger partial charge in [-0.05, 0) is 23.7 Å². The third-order valence-corrected chi connectivity index (χ3v) is 2.39. The molecule has 0 aliphatic heterocycles. The lowest BCUT2D eigenvalue weighted by atomic mass is 10.4. The van der Waals surface area contributed by atoms with Crippen LogP contribution in [0.5, 0.6) is 0 Å². The topological polar surface area (TPSA) is 114 Å². The summed E-state index contributed by atoms with van der Waals surface area (Å²) in [4.78, 5) is 24.7. The molecule has 0 saturated heterocycles. The van der Waals surface area contributed by atoms with Crippen molar-refractivity contribution >= 4 is 28.7 Å². The number of imidazole rings is 1. The number of anilines is 1. The van der Waals surface area contributed by atoms with Gasteiger partial charge in [0, 0.05) is 0 Å². The number of nitrogens with one attached hydrogen (secondary N) is 2. The summed E-state index contributed by atoms with van der Waals surface area (Å²) in [6.45, 7) is 0. The third-order valence-electron chi connectivity index (χ3n) is 2.19. The number of aromatic nitrogens is 4. The summed E-state index contributed by atoms with van der Waals surface area (Å²) in [5, 5.41) is 0.238. The van der Waals surface area contributed by atoms with Crippen molar-refractivity contribution in [1.82, 2.24) is 19.9 Å². The fraction of sp³-hybridized carbons (Fsp3) is 0. The summed E-state index contributed by atoms with van der Waals surface area (Å²) < 4.78 is 5.17. The number of rotatable bonds is 1. The van der Waals surface area contributed by atoms with Crippen LogP contribution in [0.1, 0.15) is 0 Å². The maximum atomic E-state index is 11.5. The molecule has 0 amide bonds. The van der Waals surface area contributed by atoms with Crippen LogP contribution in [-0.2, 0) is 0 Å². The number of furan rings is 1. The highest BCUT2D eigenvalue weighted by atomic mass is 35.5. The maximum Gasteiger partial charge on any atom is 0.278 e. The number of halogens is 1. The number of aromatic amines is 2. The zero-order valence-electron chi connectivity index (χ0n) is 8.32. The SMILES string of the molecule is Nc1nc2nc(-c3ccc(Cl)o3)[nH]c2c(=O)[nH]1. The molecular formula is C9H6ClN5O2. The average molecular weight is 252 g/mol. The molecule has 0 aromatic carbocycles. The quantitative estimate of drug-likeness (QED) is 0.600. The second-order valence-electron chi connectivity index (χ2n) is 3.34. The Morgan fingerprint density at radius 3 is 2.82 bits per heavy atom. The molecule has 3 rings (SSSR count). The number of fused-ring (bicyclic) bond motifs is 1. The van der Waals surface area contributed by atoms with E-state index in [-0.39, 0.29) is 27.9 Å². The van der Waals surface area contributed by atoms with Gasteiger partial charge < -0.3 is 15.1 Å². The van der Waals surface area contributed by atoms with Crippen LogP contribution in [-0.4, -0.2) is 19.9 Å². The lowest BCUT2D eigenvalue weighted by Gasteiger charge is -1.89. The van der Waals surface area contributed by atoms with Crippen LogP contribution in [0.3, 0.4) is 0 Å². The molecule has 0 spiro atoms. The molecule has 17 heavy (non-hydrogen) atoms. The minimum atomic E-state index is -0.385. The van der Waals surface area contributed by atoms with Crippen molar-refractivity contribution in [1.29, 1.82) is 0 Å². The molecule has 0 fully saturated rings. The fourth-order valence-corrected chi connectivity index (χ4v) is 1.63. The Balaban J connectivity index is 2.27. The molecule has 0 unspecified atom stereocenters. The molecule has 0 atom stereocenters. The van der Waals surface area contributed by atoms with E-state index in [1.165, 1.54) is 0 Å². The number of nitrogens with two attached hydrogens (primary N) is 1. The molecule has 4 N–H and O–H groups in total. The van der Waals surface area contributed by atoms with E-state index >= 15 is 0 Å². The summed E-state index contributed by atoms with van der Waals surface area (Å²) >= 11 is 5.65. The van der Waals surface area contributed by atoms with Gasteiger partial charge in [0.15, 0.2) is 28.0 Å². The molecule has 3 aromatic rings. The molecule has 0 bridgehead atoms. The first kappa shape index (κ1) is 9.91. The van der Waals surface area contributed by atoms with Crippen molar-refractivity contribution in [2.45, 2.75) is 0 Å². The molecule has 0 aliphatic carbocycles.